The van der Waals surface area contributed by atoms with E-state index < -0.39 is 0 Å². The van der Waals surface area contributed by atoms with Gasteiger partial charge in [-0.2, -0.15) is 5.10 Å². The molecule has 0 bridgehead atoms. The first kappa shape index (κ1) is 14.3. The van der Waals surface area contributed by atoms with E-state index in [9.17, 15) is 0 Å². The summed E-state index contributed by atoms with van der Waals surface area (Å²) in [5, 5.41) is 4.62. The third-order valence-electron chi connectivity index (χ3n) is 3.24. The van der Waals surface area contributed by atoms with Crippen LogP contribution in [0.25, 0.3) is 5.69 Å². The number of hydrogen-bond donors (Lipinski definition) is 0. The second kappa shape index (κ2) is 6.91. The highest BCUT2D eigenvalue weighted by molar-refractivity contribution is 5.29. The maximum atomic E-state index is 5.16. The highest BCUT2D eigenvalue weighted by Gasteiger charge is 2.12. The first-order valence-electron chi connectivity index (χ1n) is 7.10. The quantitative estimate of drug-likeness (QED) is 0.694. The monoisotopic (exact) mass is 295 g/mol. The van der Waals surface area contributed by atoms with Crippen LogP contribution in [-0.2, 0) is 17.6 Å². The van der Waals surface area contributed by atoms with E-state index in [0.717, 1.165) is 22.9 Å². The summed E-state index contributed by atoms with van der Waals surface area (Å²) in [4.78, 5) is 12.8. The lowest BCUT2D eigenvalue weighted by molar-refractivity contribution is 0.200. The van der Waals surface area contributed by atoms with Gasteiger partial charge >= 0.3 is 0 Å². The highest BCUT2D eigenvalue weighted by Crippen LogP contribution is 2.12. The third-order valence-corrected chi connectivity index (χ3v) is 3.24. The Morgan fingerprint density at radius 1 is 1.09 bits per heavy atom. The standard InChI is InChI=1S/C16H17N5O/c1-22-10-6-16-19-15(11-13-3-2-7-18-12-13)20-21(16)14-4-8-17-9-5-14/h2-5,7-9,12H,6,10-11H2,1H3. The minimum absolute atomic E-state index is 0.607. The summed E-state index contributed by atoms with van der Waals surface area (Å²) in [6, 6.07) is 7.77. The molecule has 0 aliphatic heterocycles. The zero-order chi connectivity index (χ0) is 15.2. The molecular formula is C16H17N5O. The molecule has 0 radical (unpaired) electrons. The molecule has 0 spiro atoms. The Kier molecular flexibility index (Phi) is 4.50. The highest BCUT2D eigenvalue weighted by atomic mass is 16.5. The zero-order valence-corrected chi connectivity index (χ0v) is 12.4. The molecule has 0 amide bonds. The van der Waals surface area contributed by atoms with Gasteiger partial charge in [-0.05, 0) is 23.8 Å². The van der Waals surface area contributed by atoms with Crippen molar-refractivity contribution in [3.8, 4) is 5.69 Å². The van der Waals surface area contributed by atoms with Gasteiger partial charge in [0.15, 0.2) is 5.82 Å². The van der Waals surface area contributed by atoms with Gasteiger partial charge < -0.3 is 4.74 Å². The van der Waals surface area contributed by atoms with Crippen molar-refractivity contribution in [2.24, 2.45) is 0 Å². The van der Waals surface area contributed by atoms with E-state index in [1.54, 1.807) is 25.7 Å². The Labute approximate surface area is 128 Å². The van der Waals surface area contributed by atoms with E-state index in [4.69, 9.17) is 4.74 Å². The van der Waals surface area contributed by atoms with E-state index in [2.05, 4.69) is 20.1 Å². The molecule has 0 saturated carbocycles. The molecule has 0 fully saturated rings. The van der Waals surface area contributed by atoms with Crippen LogP contribution in [0.5, 0.6) is 0 Å². The van der Waals surface area contributed by atoms with Crippen molar-refractivity contribution in [2.45, 2.75) is 12.8 Å². The van der Waals surface area contributed by atoms with Crippen molar-refractivity contribution < 1.29 is 4.74 Å². The van der Waals surface area contributed by atoms with Gasteiger partial charge in [0, 0.05) is 44.7 Å². The lowest BCUT2D eigenvalue weighted by Crippen LogP contribution is -2.06. The van der Waals surface area contributed by atoms with Gasteiger partial charge in [0.25, 0.3) is 0 Å². The maximum Gasteiger partial charge on any atom is 0.155 e. The average Bonchev–Trinajstić information content (AvgIpc) is 2.97. The summed E-state index contributed by atoms with van der Waals surface area (Å²) in [7, 11) is 1.68. The average molecular weight is 295 g/mol. The van der Waals surface area contributed by atoms with Crippen LogP contribution in [0.2, 0.25) is 0 Å². The normalized spacial score (nSPS) is 10.8. The first-order valence-corrected chi connectivity index (χ1v) is 7.10. The van der Waals surface area contributed by atoms with E-state index >= 15 is 0 Å². The Morgan fingerprint density at radius 3 is 2.68 bits per heavy atom. The number of aromatic nitrogens is 5. The van der Waals surface area contributed by atoms with Gasteiger partial charge in [-0.3, -0.25) is 9.97 Å². The summed E-state index contributed by atoms with van der Waals surface area (Å²) < 4.78 is 7.01. The van der Waals surface area contributed by atoms with E-state index in [1.807, 2.05) is 35.1 Å². The van der Waals surface area contributed by atoms with Gasteiger partial charge in [-0.15, -0.1) is 0 Å². The van der Waals surface area contributed by atoms with Crippen molar-refractivity contribution >= 4 is 0 Å². The Hall–Kier alpha value is -2.60. The molecular weight excluding hydrogens is 278 g/mol. The van der Waals surface area contributed by atoms with Gasteiger partial charge in [-0.1, -0.05) is 6.07 Å². The lowest BCUT2D eigenvalue weighted by atomic mass is 10.2. The maximum absolute atomic E-state index is 5.16. The minimum Gasteiger partial charge on any atom is -0.384 e. The van der Waals surface area contributed by atoms with Gasteiger partial charge in [0.1, 0.15) is 5.82 Å². The van der Waals surface area contributed by atoms with Crippen molar-refractivity contribution in [1.29, 1.82) is 0 Å². The molecule has 3 rings (SSSR count). The Bertz CT molecular complexity index is 712. The van der Waals surface area contributed by atoms with Crippen LogP contribution in [-0.4, -0.2) is 38.4 Å². The molecule has 6 heteroatoms. The largest absolute Gasteiger partial charge is 0.384 e. The SMILES string of the molecule is COCCc1nc(Cc2cccnc2)nn1-c1ccncc1. The molecule has 0 N–H and O–H groups in total. The topological polar surface area (TPSA) is 65.7 Å². The van der Waals surface area contributed by atoms with E-state index in [1.165, 1.54) is 0 Å². The van der Waals surface area contributed by atoms with Crippen molar-refractivity contribution in [2.75, 3.05) is 13.7 Å². The second-order valence-corrected chi connectivity index (χ2v) is 4.84. The number of nitrogens with zero attached hydrogens (tertiary/aromatic N) is 5. The van der Waals surface area contributed by atoms with E-state index in [-0.39, 0.29) is 0 Å². The van der Waals surface area contributed by atoms with Gasteiger partial charge in [0.2, 0.25) is 0 Å². The van der Waals surface area contributed by atoms with Crippen LogP contribution in [0.3, 0.4) is 0 Å². The molecule has 3 heterocycles. The fraction of sp³-hybridized carbons (Fsp3) is 0.250. The number of pyridine rings is 2. The molecule has 6 nitrogen and oxygen atoms in total. The molecule has 0 atom stereocenters. The van der Waals surface area contributed by atoms with Gasteiger partial charge in [0.05, 0.1) is 12.3 Å². The minimum atomic E-state index is 0.607. The van der Waals surface area contributed by atoms with Crippen molar-refractivity contribution in [3.63, 3.8) is 0 Å². The summed E-state index contributed by atoms with van der Waals surface area (Å²) in [5.41, 5.74) is 2.04. The smallest absolute Gasteiger partial charge is 0.155 e. The molecule has 0 aliphatic rings. The molecule has 0 aliphatic carbocycles. The predicted molar refractivity (Wildman–Crippen MR) is 81.8 cm³/mol. The van der Waals surface area contributed by atoms with Crippen LogP contribution in [0, 0.1) is 0 Å². The fourth-order valence-corrected chi connectivity index (χ4v) is 2.20. The first-order chi connectivity index (χ1) is 10.9. The Morgan fingerprint density at radius 2 is 1.95 bits per heavy atom. The van der Waals surface area contributed by atoms with Crippen LogP contribution in [0.4, 0.5) is 0 Å². The molecule has 22 heavy (non-hydrogen) atoms. The number of methoxy groups -OCH3 is 1. The molecule has 112 valence electrons. The number of ether oxygens (including phenoxy) is 1. The predicted octanol–water partition coefficient (Wildman–Crippen LogP) is 1.84. The number of hydrogen-bond acceptors (Lipinski definition) is 5. The van der Waals surface area contributed by atoms with Crippen molar-refractivity contribution in [1.82, 2.24) is 24.7 Å². The second-order valence-electron chi connectivity index (χ2n) is 4.84. The van der Waals surface area contributed by atoms with Crippen LogP contribution in [0.1, 0.15) is 17.2 Å². The summed E-state index contributed by atoms with van der Waals surface area (Å²) >= 11 is 0. The molecule has 0 saturated heterocycles. The summed E-state index contributed by atoms with van der Waals surface area (Å²) in [6.45, 7) is 0.607. The number of rotatable bonds is 6. The third kappa shape index (κ3) is 3.35. The summed E-state index contributed by atoms with van der Waals surface area (Å²) in [6.07, 6.45) is 8.46. The molecule has 0 unspecified atom stereocenters. The van der Waals surface area contributed by atoms with Crippen molar-refractivity contribution in [3.05, 3.63) is 66.3 Å². The van der Waals surface area contributed by atoms with Gasteiger partial charge in [-0.25, -0.2) is 9.67 Å². The summed E-state index contributed by atoms with van der Waals surface area (Å²) in [5.74, 6) is 1.66. The molecule has 0 aromatic carbocycles. The van der Waals surface area contributed by atoms with Crippen LogP contribution in [0.15, 0.2) is 49.1 Å². The lowest BCUT2D eigenvalue weighted by Gasteiger charge is -2.04. The zero-order valence-electron chi connectivity index (χ0n) is 12.4. The van der Waals surface area contributed by atoms with E-state index in [0.29, 0.717) is 19.4 Å². The fourth-order valence-electron chi connectivity index (χ4n) is 2.20. The van der Waals surface area contributed by atoms with Crippen LogP contribution >= 0.6 is 0 Å². The molecule has 3 aromatic heterocycles. The van der Waals surface area contributed by atoms with Crippen LogP contribution < -0.4 is 0 Å². The Balaban J connectivity index is 1.90. The molecule has 3 aromatic rings.